The number of carbonyl (C=O) groups is 2. The Morgan fingerprint density at radius 2 is 1.75 bits per heavy atom. The van der Waals surface area contributed by atoms with Gasteiger partial charge in [-0.05, 0) is 17.7 Å². The summed E-state index contributed by atoms with van der Waals surface area (Å²) in [5.74, 6) is -0.611. The summed E-state index contributed by atoms with van der Waals surface area (Å²) in [7, 11) is 5.14. The molecule has 5 nitrogen and oxygen atoms in total. The van der Waals surface area contributed by atoms with Crippen molar-refractivity contribution < 1.29 is 14.3 Å². The van der Waals surface area contributed by atoms with Crippen LogP contribution in [0, 0.1) is 0 Å². The molecule has 1 amide bonds. The number of hydrogen-bond acceptors (Lipinski definition) is 4. The second-order valence-electron chi connectivity index (χ2n) is 5.69. The first-order chi connectivity index (χ1) is 11.5. The van der Waals surface area contributed by atoms with E-state index < -0.39 is 5.97 Å². The van der Waals surface area contributed by atoms with Crippen molar-refractivity contribution in [3.63, 3.8) is 0 Å². The van der Waals surface area contributed by atoms with Gasteiger partial charge in [0.1, 0.15) is 0 Å². The van der Waals surface area contributed by atoms with Crippen molar-refractivity contribution in [2.24, 2.45) is 0 Å². The third kappa shape index (κ3) is 2.65. The van der Waals surface area contributed by atoms with Gasteiger partial charge in [-0.3, -0.25) is 4.79 Å². The second kappa shape index (κ2) is 6.20. The SMILES string of the molecule is COC(=O)c1ccc2c(c1)NC(=O)/C2=C(\c1ccccc1)N(C)C. The van der Waals surface area contributed by atoms with Crippen LogP contribution in [-0.2, 0) is 9.53 Å². The number of carbonyl (C=O) groups excluding carboxylic acids is 2. The predicted molar refractivity (Wildman–Crippen MR) is 93.4 cm³/mol. The Kier molecular flexibility index (Phi) is 4.08. The first-order valence-corrected chi connectivity index (χ1v) is 7.54. The van der Waals surface area contributed by atoms with Crippen LogP contribution in [0.5, 0.6) is 0 Å². The highest BCUT2D eigenvalue weighted by molar-refractivity contribution is 6.36. The zero-order valence-corrected chi connectivity index (χ0v) is 13.8. The highest BCUT2D eigenvalue weighted by Crippen LogP contribution is 2.38. The third-order valence-electron chi connectivity index (χ3n) is 3.92. The molecule has 0 aromatic heterocycles. The smallest absolute Gasteiger partial charge is 0.337 e. The Bertz CT molecular complexity index is 839. The summed E-state index contributed by atoms with van der Waals surface area (Å²) < 4.78 is 4.73. The first-order valence-electron chi connectivity index (χ1n) is 7.54. The van der Waals surface area contributed by atoms with Crippen molar-refractivity contribution in [1.82, 2.24) is 4.90 Å². The molecule has 24 heavy (non-hydrogen) atoms. The van der Waals surface area contributed by atoms with E-state index in [-0.39, 0.29) is 5.91 Å². The van der Waals surface area contributed by atoms with E-state index >= 15 is 0 Å². The average molecular weight is 322 g/mol. The van der Waals surface area contributed by atoms with Crippen LogP contribution in [0.3, 0.4) is 0 Å². The maximum atomic E-state index is 12.6. The molecule has 0 atom stereocenters. The Morgan fingerprint density at radius 1 is 1.04 bits per heavy atom. The molecule has 5 heteroatoms. The van der Waals surface area contributed by atoms with Gasteiger partial charge in [0.15, 0.2) is 0 Å². The Balaban J connectivity index is 2.19. The minimum absolute atomic E-state index is 0.181. The van der Waals surface area contributed by atoms with E-state index in [1.54, 1.807) is 18.2 Å². The normalized spacial score (nSPS) is 14.7. The summed E-state index contributed by atoms with van der Waals surface area (Å²) >= 11 is 0. The molecule has 0 aliphatic carbocycles. The summed E-state index contributed by atoms with van der Waals surface area (Å²) in [6.07, 6.45) is 0. The molecule has 0 saturated heterocycles. The fourth-order valence-corrected chi connectivity index (χ4v) is 2.87. The molecular weight excluding hydrogens is 304 g/mol. The van der Waals surface area contributed by atoms with E-state index in [4.69, 9.17) is 4.74 Å². The molecule has 0 spiro atoms. The summed E-state index contributed by atoms with van der Waals surface area (Å²) in [5.41, 5.74) is 4.19. The van der Waals surface area contributed by atoms with Gasteiger partial charge in [0.25, 0.3) is 5.91 Å². The van der Waals surface area contributed by atoms with Crippen LogP contribution < -0.4 is 5.32 Å². The summed E-state index contributed by atoms with van der Waals surface area (Å²) in [6.45, 7) is 0. The fraction of sp³-hybridized carbons (Fsp3) is 0.158. The zero-order valence-electron chi connectivity index (χ0n) is 13.8. The van der Waals surface area contributed by atoms with Gasteiger partial charge in [0.2, 0.25) is 0 Å². The maximum absolute atomic E-state index is 12.6. The molecule has 3 rings (SSSR count). The lowest BCUT2D eigenvalue weighted by atomic mass is 9.99. The molecule has 0 fully saturated rings. The number of hydrogen-bond donors (Lipinski definition) is 1. The molecule has 122 valence electrons. The number of ether oxygens (including phenoxy) is 1. The van der Waals surface area contributed by atoms with E-state index in [9.17, 15) is 9.59 Å². The van der Waals surface area contributed by atoms with E-state index in [1.165, 1.54) is 7.11 Å². The standard InChI is InChI=1S/C19H18N2O3/c1-21(2)17(12-7-5-4-6-8-12)16-14-10-9-13(19(23)24-3)11-15(14)20-18(16)22/h4-11H,1-3H3,(H,20,22)/b17-16+. The van der Waals surface area contributed by atoms with Crippen molar-refractivity contribution in [3.05, 3.63) is 65.2 Å². The molecule has 0 saturated carbocycles. The van der Waals surface area contributed by atoms with Crippen LogP contribution >= 0.6 is 0 Å². The molecule has 0 radical (unpaired) electrons. The quantitative estimate of drug-likeness (QED) is 0.697. The average Bonchev–Trinajstić information content (AvgIpc) is 2.90. The lowest BCUT2D eigenvalue weighted by Gasteiger charge is -2.20. The van der Waals surface area contributed by atoms with Gasteiger partial charge in [-0.15, -0.1) is 0 Å². The Hall–Kier alpha value is -3.08. The molecule has 1 N–H and O–H groups in total. The van der Waals surface area contributed by atoms with Gasteiger partial charge in [0, 0.05) is 19.7 Å². The van der Waals surface area contributed by atoms with Crippen molar-refractivity contribution in [1.29, 1.82) is 0 Å². The highest BCUT2D eigenvalue weighted by Gasteiger charge is 2.29. The third-order valence-corrected chi connectivity index (χ3v) is 3.92. The molecule has 2 aromatic rings. The van der Waals surface area contributed by atoms with Crippen LogP contribution in [0.1, 0.15) is 21.5 Å². The number of rotatable bonds is 3. The molecule has 1 aliphatic rings. The van der Waals surface area contributed by atoms with Gasteiger partial charge in [0.05, 0.1) is 29.6 Å². The van der Waals surface area contributed by atoms with Crippen molar-refractivity contribution in [2.45, 2.75) is 0 Å². The number of anilines is 1. The van der Waals surface area contributed by atoms with E-state index in [0.29, 0.717) is 16.8 Å². The molecule has 0 bridgehead atoms. The largest absolute Gasteiger partial charge is 0.465 e. The number of fused-ring (bicyclic) bond motifs is 1. The second-order valence-corrected chi connectivity index (χ2v) is 5.69. The monoisotopic (exact) mass is 322 g/mol. The van der Waals surface area contributed by atoms with E-state index in [1.807, 2.05) is 49.3 Å². The summed E-state index contributed by atoms with van der Waals surface area (Å²) in [6, 6.07) is 14.8. The van der Waals surface area contributed by atoms with E-state index in [0.717, 1.165) is 16.8 Å². The number of amides is 1. The number of nitrogens with one attached hydrogen (secondary N) is 1. The van der Waals surface area contributed by atoms with Crippen molar-refractivity contribution >= 4 is 28.8 Å². The number of methoxy groups -OCH3 is 1. The molecule has 0 unspecified atom stereocenters. The minimum Gasteiger partial charge on any atom is -0.465 e. The fourth-order valence-electron chi connectivity index (χ4n) is 2.87. The minimum atomic E-state index is -0.430. The van der Waals surface area contributed by atoms with E-state index in [2.05, 4.69) is 5.32 Å². The van der Waals surface area contributed by atoms with Gasteiger partial charge in [-0.2, -0.15) is 0 Å². The topological polar surface area (TPSA) is 58.6 Å². The Morgan fingerprint density at radius 3 is 2.38 bits per heavy atom. The molecule has 1 heterocycles. The van der Waals surface area contributed by atoms with Crippen molar-refractivity contribution in [2.75, 3.05) is 26.5 Å². The number of benzene rings is 2. The van der Waals surface area contributed by atoms with Crippen LogP contribution in [-0.4, -0.2) is 38.0 Å². The van der Waals surface area contributed by atoms with Gasteiger partial charge < -0.3 is 15.0 Å². The van der Waals surface area contributed by atoms with Gasteiger partial charge in [-0.25, -0.2) is 4.79 Å². The first kappa shape index (κ1) is 15.8. The van der Waals surface area contributed by atoms with Crippen LogP contribution in [0.15, 0.2) is 48.5 Å². The van der Waals surface area contributed by atoms with Crippen LogP contribution in [0.4, 0.5) is 5.69 Å². The van der Waals surface area contributed by atoms with Crippen LogP contribution in [0.25, 0.3) is 11.3 Å². The predicted octanol–water partition coefficient (Wildman–Crippen LogP) is 2.86. The highest BCUT2D eigenvalue weighted by atomic mass is 16.5. The molecule has 1 aliphatic heterocycles. The molecule has 2 aromatic carbocycles. The van der Waals surface area contributed by atoms with Crippen LogP contribution in [0.2, 0.25) is 0 Å². The van der Waals surface area contributed by atoms with Gasteiger partial charge >= 0.3 is 5.97 Å². The summed E-state index contributed by atoms with van der Waals surface area (Å²) in [4.78, 5) is 26.2. The number of esters is 1. The van der Waals surface area contributed by atoms with Crippen molar-refractivity contribution in [3.8, 4) is 0 Å². The lowest BCUT2D eigenvalue weighted by molar-refractivity contribution is -0.110. The maximum Gasteiger partial charge on any atom is 0.337 e. The zero-order chi connectivity index (χ0) is 17.3. The molecular formula is C19H18N2O3. The van der Waals surface area contributed by atoms with Gasteiger partial charge in [-0.1, -0.05) is 36.4 Å². The Labute approximate surface area is 140 Å². The summed E-state index contributed by atoms with van der Waals surface area (Å²) in [5, 5.41) is 2.84. The lowest BCUT2D eigenvalue weighted by Crippen LogP contribution is -2.15. The number of nitrogens with zero attached hydrogens (tertiary/aromatic N) is 1.